The largest absolute Gasteiger partial charge is 0.478 e. The van der Waals surface area contributed by atoms with Crippen LogP contribution in [0.5, 0.6) is 0 Å². The van der Waals surface area contributed by atoms with Crippen LogP contribution in [0.2, 0.25) is 5.02 Å². The van der Waals surface area contributed by atoms with E-state index >= 15 is 0 Å². The maximum Gasteiger partial charge on any atom is 0.328 e. The van der Waals surface area contributed by atoms with Gasteiger partial charge >= 0.3 is 5.97 Å². The lowest BCUT2D eigenvalue weighted by molar-refractivity contribution is -0.131. The summed E-state index contributed by atoms with van der Waals surface area (Å²) < 4.78 is 1.85. The number of benzene rings is 3. The molecule has 0 spiro atoms. The van der Waals surface area contributed by atoms with Crippen LogP contribution in [0.4, 0.5) is 5.69 Å². The smallest absolute Gasteiger partial charge is 0.328 e. The van der Waals surface area contributed by atoms with Gasteiger partial charge in [-0.3, -0.25) is 9.48 Å². The summed E-state index contributed by atoms with van der Waals surface area (Å²) >= 11 is 6.81. The fourth-order valence-electron chi connectivity index (χ4n) is 5.20. The molecule has 38 heavy (non-hydrogen) atoms. The molecule has 194 valence electrons. The number of hydrogen-bond acceptors (Lipinski definition) is 3. The van der Waals surface area contributed by atoms with Crippen LogP contribution in [0.1, 0.15) is 43.2 Å². The molecule has 1 heterocycles. The van der Waals surface area contributed by atoms with E-state index in [-0.39, 0.29) is 11.8 Å². The third-order valence-electron chi connectivity index (χ3n) is 7.28. The maximum absolute atomic E-state index is 13.8. The normalized spacial score (nSPS) is 14.3. The number of carboxylic acids is 1. The van der Waals surface area contributed by atoms with Gasteiger partial charge in [-0.2, -0.15) is 5.10 Å². The van der Waals surface area contributed by atoms with E-state index in [1.54, 1.807) is 4.90 Å². The Hall–Kier alpha value is -3.90. The minimum Gasteiger partial charge on any atom is -0.478 e. The van der Waals surface area contributed by atoms with Gasteiger partial charge in [0.05, 0.1) is 18.3 Å². The highest BCUT2D eigenvalue weighted by Crippen LogP contribution is 2.32. The number of aromatic nitrogens is 2. The van der Waals surface area contributed by atoms with Crippen molar-refractivity contribution in [3.63, 3.8) is 0 Å². The van der Waals surface area contributed by atoms with Crippen molar-refractivity contribution in [1.82, 2.24) is 9.78 Å². The summed E-state index contributed by atoms with van der Waals surface area (Å²) in [6.45, 7) is 0.336. The lowest BCUT2D eigenvalue weighted by Crippen LogP contribution is -2.36. The van der Waals surface area contributed by atoms with Gasteiger partial charge in [-0.25, -0.2) is 4.79 Å². The molecule has 1 aromatic heterocycles. The van der Waals surface area contributed by atoms with Crippen LogP contribution in [0, 0.1) is 5.92 Å². The van der Waals surface area contributed by atoms with Gasteiger partial charge in [0.15, 0.2) is 0 Å². The Morgan fingerprint density at radius 3 is 2.58 bits per heavy atom. The zero-order chi connectivity index (χ0) is 26.6. The van der Waals surface area contributed by atoms with Gasteiger partial charge in [-0.05, 0) is 71.5 Å². The molecule has 5 rings (SSSR count). The molecule has 0 atom stereocenters. The van der Waals surface area contributed by atoms with E-state index in [1.807, 2.05) is 60.4 Å². The van der Waals surface area contributed by atoms with Crippen molar-refractivity contribution in [3.8, 4) is 11.1 Å². The van der Waals surface area contributed by atoms with E-state index in [2.05, 4.69) is 23.3 Å². The van der Waals surface area contributed by atoms with E-state index in [4.69, 9.17) is 16.7 Å². The number of carbonyl (C=O) groups is 2. The Bertz CT molecular complexity index is 1520. The first kappa shape index (κ1) is 25.7. The van der Waals surface area contributed by atoms with Gasteiger partial charge < -0.3 is 10.0 Å². The SMILES string of the molecule is Cn1ncc2cc(-c3ccc(CN(C(=O)C4CCCCC4)c4cccc(/C=C/C(=O)O)c4)c(Cl)c3)ccc21. The van der Waals surface area contributed by atoms with Crippen molar-refractivity contribution in [3.05, 3.63) is 89.1 Å². The summed E-state index contributed by atoms with van der Waals surface area (Å²) in [7, 11) is 1.92. The Balaban J connectivity index is 1.46. The van der Waals surface area contributed by atoms with Crippen LogP contribution >= 0.6 is 11.6 Å². The second-order valence-electron chi connectivity index (χ2n) is 9.87. The Morgan fingerprint density at radius 1 is 1.05 bits per heavy atom. The number of halogens is 1. The summed E-state index contributed by atoms with van der Waals surface area (Å²) in [6, 6.07) is 19.6. The zero-order valence-corrected chi connectivity index (χ0v) is 22.1. The number of aryl methyl sites for hydroxylation is 1. The van der Waals surface area contributed by atoms with Crippen LogP contribution in [0.25, 0.3) is 28.1 Å². The third kappa shape index (κ3) is 5.65. The molecule has 6 nitrogen and oxygen atoms in total. The summed E-state index contributed by atoms with van der Waals surface area (Å²) in [5, 5.41) is 15.0. The Kier molecular flexibility index (Phi) is 7.61. The van der Waals surface area contributed by atoms with Gasteiger partial charge in [0, 0.05) is 35.1 Å². The topological polar surface area (TPSA) is 75.4 Å². The van der Waals surface area contributed by atoms with Gasteiger partial charge in [-0.15, -0.1) is 0 Å². The Morgan fingerprint density at radius 2 is 1.82 bits per heavy atom. The minimum atomic E-state index is -1.01. The summed E-state index contributed by atoms with van der Waals surface area (Å²) in [6.07, 6.45) is 9.54. The van der Waals surface area contributed by atoms with Gasteiger partial charge in [-0.1, -0.05) is 61.2 Å². The molecule has 4 aromatic rings. The lowest BCUT2D eigenvalue weighted by atomic mass is 9.88. The van der Waals surface area contributed by atoms with E-state index < -0.39 is 5.97 Å². The fraction of sp³-hybridized carbons (Fsp3) is 0.258. The quantitative estimate of drug-likeness (QED) is 0.260. The first-order chi connectivity index (χ1) is 18.4. The van der Waals surface area contributed by atoms with Crippen molar-refractivity contribution in [1.29, 1.82) is 0 Å². The molecule has 0 unspecified atom stereocenters. The van der Waals surface area contributed by atoms with Crippen molar-refractivity contribution >= 4 is 46.1 Å². The standard InChI is InChI=1S/C31H30ClN3O3/c1-34-29-14-13-23(17-26(29)19-33-34)24-11-12-25(28(32)18-24)20-35(31(38)22-7-3-2-4-8-22)27-9-5-6-21(16-27)10-15-30(36)37/h5-6,9-19,22H,2-4,7-8,20H2,1H3,(H,36,37)/b15-10+. The number of aliphatic carboxylic acids is 1. The average molecular weight is 528 g/mol. The van der Waals surface area contributed by atoms with Gasteiger partial charge in [0.1, 0.15) is 0 Å². The number of fused-ring (bicyclic) bond motifs is 1. The van der Waals surface area contributed by atoms with Crippen molar-refractivity contribution in [2.24, 2.45) is 13.0 Å². The van der Waals surface area contributed by atoms with E-state index in [9.17, 15) is 9.59 Å². The van der Waals surface area contributed by atoms with Crippen LogP contribution in [-0.4, -0.2) is 26.8 Å². The van der Waals surface area contributed by atoms with Crippen LogP contribution in [0.3, 0.4) is 0 Å². The number of carboxylic acid groups (broad SMARTS) is 1. The maximum atomic E-state index is 13.8. The fourth-order valence-corrected chi connectivity index (χ4v) is 5.44. The van der Waals surface area contributed by atoms with Gasteiger partial charge in [0.25, 0.3) is 0 Å². The molecule has 3 aromatic carbocycles. The van der Waals surface area contributed by atoms with E-state index in [0.717, 1.165) is 77.0 Å². The summed E-state index contributed by atoms with van der Waals surface area (Å²) in [5.74, 6) is -0.947. The first-order valence-electron chi connectivity index (χ1n) is 12.9. The molecule has 0 saturated heterocycles. The summed E-state index contributed by atoms with van der Waals surface area (Å²) in [4.78, 5) is 26.6. The molecule has 1 amide bonds. The van der Waals surface area contributed by atoms with Gasteiger partial charge in [0.2, 0.25) is 5.91 Å². The average Bonchev–Trinajstić information content (AvgIpc) is 3.31. The molecule has 0 aliphatic heterocycles. The van der Waals surface area contributed by atoms with E-state index in [0.29, 0.717) is 11.6 Å². The monoisotopic (exact) mass is 527 g/mol. The highest BCUT2D eigenvalue weighted by molar-refractivity contribution is 6.31. The molecule has 0 radical (unpaired) electrons. The zero-order valence-electron chi connectivity index (χ0n) is 21.3. The predicted molar refractivity (Wildman–Crippen MR) is 152 cm³/mol. The van der Waals surface area contributed by atoms with Crippen molar-refractivity contribution in [2.75, 3.05) is 4.90 Å². The number of carbonyl (C=O) groups excluding carboxylic acids is 1. The van der Waals surface area contributed by atoms with Crippen LogP contribution < -0.4 is 4.90 Å². The van der Waals surface area contributed by atoms with Crippen LogP contribution in [0.15, 0.2) is 72.9 Å². The number of rotatable bonds is 7. The molecule has 1 aliphatic carbocycles. The number of amides is 1. The summed E-state index contributed by atoms with van der Waals surface area (Å²) in [5.41, 5.74) is 5.42. The highest BCUT2D eigenvalue weighted by atomic mass is 35.5. The van der Waals surface area contributed by atoms with E-state index in [1.165, 1.54) is 6.08 Å². The molecule has 7 heteroatoms. The highest BCUT2D eigenvalue weighted by Gasteiger charge is 2.27. The van der Waals surface area contributed by atoms with Crippen molar-refractivity contribution in [2.45, 2.75) is 38.6 Å². The number of anilines is 1. The lowest BCUT2D eigenvalue weighted by Gasteiger charge is -2.30. The molecular weight excluding hydrogens is 498 g/mol. The van der Waals surface area contributed by atoms with Crippen LogP contribution in [-0.2, 0) is 23.2 Å². The first-order valence-corrected chi connectivity index (χ1v) is 13.3. The number of nitrogens with zero attached hydrogens (tertiary/aromatic N) is 3. The second-order valence-corrected chi connectivity index (χ2v) is 10.3. The molecule has 1 saturated carbocycles. The third-order valence-corrected chi connectivity index (χ3v) is 7.63. The van der Waals surface area contributed by atoms with Crippen molar-refractivity contribution < 1.29 is 14.7 Å². The molecule has 1 aliphatic rings. The number of hydrogen-bond donors (Lipinski definition) is 1. The second kappa shape index (κ2) is 11.2. The molecular formula is C31H30ClN3O3. The Labute approximate surface area is 227 Å². The predicted octanol–water partition coefficient (Wildman–Crippen LogP) is 7.11. The molecule has 0 bridgehead atoms. The molecule has 1 N–H and O–H groups in total. The molecule has 1 fully saturated rings. The minimum absolute atomic E-state index is 0.0220.